The molecule has 0 aliphatic heterocycles. The number of hydrogen-bond donors (Lipinski definition) is 1. The number of aromatic nitrogens is 4. The Morgan fingerprint density at radius 3 is 2.92 bits per heavy atom. The molecule has 4 aromatic rings. The molecule has 0 radical (unpaired) electrons. The Kier molecular flexibility index (Phi) is 4.74. The number of benzene rings is 1. The monoisotopic (exact) mass is 367 g/mol. The van der Waals surface area contributed by atoms with Crippen molar-refractivity contribution >= 4 is 22.2 Å². The lowest BCUT2D eigenvalue weighted by Gasteiger charge is -2.02. The molecule has 0 spiro atoms. The van der Waals surface area contributed by atoms with Crippen LogP contribution in [-0.2, 0) is 17.6 Å². The van der Waals surface area contributed by atoms with E-state index in [0.717, 1.165) is 16.2 Å². The second-order valence-corrected chi connectivity index (χ2v) is 6.68. The SMILES string of the molecule is O=C(CCc1nc(-c2ccccc2)no1)NCCc1cn2ccsc2n1. The Hall–Kier alpha value is -3.00. The normalized spacial score (nSPS) is 11.1. The zero-order chi connectivity index (χ0) is 17.8. The number of amides is 1. The van der Waals surface area contributed by atoms with E-state index in [1.807, 2.05) is 52.5 Å². The summed E-state index contributed by atoms with van der Waals surface area (Å²) in [5.41, 5.74) is 1.87. The smallest absolute Gasteiger partial charge is 0.227 e. The molecule has 0 saturated heterocycles. The largest absolute Gasteiger partial charge is 0.356 e. The highest BCUT2D eigenvalue weighted by Crippen LogP contribution is 2.15. The van der Waals surface area contributed by atoms with E-state index in [4.69, 9.17) is 4.52 Å². The first-order chi connectivity index (χ1) is 12.8. The summed E-state index contributed by atoms with van der Waals surface area (Å²) in [6, 6.07) is 9.61. The maximum absolute atomic E-state index is 12.0. The number of carbonyl (C=O) groups excluding carboxylic acids is 1. The molecule has 0 fully saturated rings. The maximum Gasteiger partial charge on any atom is 0.227 e. The third kappa shape index (κ3) is 3.80. The van der Waals surface area contributed by atoms with Crippen LogP contribution in [0.25, 0.3) is 16.3 Å². The molecule has 8 heteroatoms. The van der Waals surface area contributed by atoms with Crippen molar-refractivity contribution in [2.75, 3.05) is 6.54 Å². The Labute approximate surface area is 153 Å². The Morgan fingerprint density at radius 2 is 2.08 bits per heavy atom. The zero-order valence-corrected chi connectivity index (χ0v) is 14.8. The summed E-state index contributed by atoms with van der Waals surface area (Å²) in [7, 11) is 0. The van der Waals surface area contributed by atoms with Crippen LogP contribution >= 0.6 is 11.3 Å². The number of hydrogen-bond acceptors (Lipinski definition) is 6. The van der Waals surface area contributed by atoms with Crippen molar-refractivity contribution in [3.8, 4) is 11.4 Å². The molecule has 3 heterocycles. The summed E-state index contributed by atoms with van der Waals surface area (Å²) >= 11 is 1.60. The standard InChI is InChI=1S/C18H17N5O2S/c24-15(19-9-8-14-12-23-10-11-26-18(23)20-14)6-7-16-21-17(22-25-16)13-4-2-1-3-5-13/h1-5,10-12H,6-9H2,(H,19,24). The Bertz CT molecular complexity index is 976. The van der Waals surface area contributed by atoms with Gasteiger partial charge in [0.1, 0.15) is 0 Å². The van der Waals surface area contributed by atoms with Crippen LogP contribution in [0.5, 0.6) is 0 Å². The minimum atomic E-state index is -0.0366. The molecule has 4 rings (SSSR count). The van der Waals surface area contributed by atoms with Crippen molar-refractivity contribution in [2.24, 2.45) is 0 Å². The third-order valence-electron chi connectivity index (χ3n) is 3.91. The summed E-state index contributed by atoms with van der Waals surface area (Å²) < 4.78 is 7.20. The molecule has 0 aliphatic rings. The van der Waals surface area contributed by atoms with Gasteiger partial charge in [-0.3, -0.25) is 9.20 Å². The van der Waals surface area contributed by atoms with Crippen molar-refractivity contribution < 1.29 is 9.32 Å². The Morgan fingerprint density at radius 1 is 1.19 bits per heavy atom. The van der Waals surface area contributed by atoms with Gasteiger partial charge in [0, 0.05) is 49.1 Å². The predicted octanol–water partition coefficient (Wildman–Crippen LogP) is 2.74. The zero-order valence-electron chi connectivity index (χ0n) is 14.0. The molecule has 0 bridgehead atoms. The van der Waals surface area contributed by atoms with Crippen LogP contribution in [0.4, 0.5) is 0 Å². The summed E-state index contributed by atoms with van der Waals surface area (Å²) in [4.78, 5) is 21.8. The number of rotatable bonds is 7. The molecule has 26 heavy (non-hydrogen) atoms. The van der Waals surface area contributed by atoms with Gasteiger partial charge >= 0.3 is 0 Å². The van der Waals surface area contributed by atoms with Crippen molar-refractivity contribution in [1.29, 1.82) is 0 Å². The van der Waals surface area contributed by atoms with E-state index in [2.05, 4.69) is 20.4 Å². The van der Waals surface area contributed by atoms with Gasteiger partial charge in [-0.15, -0.1) is 11.3 Å². The first-order valence-electron chi connectivity index (χ1n) is 8.34. The van der Waals surface area contributed by atoms with Crippen molar-refractivity contribution in [3.63, 3.8) is 0 Å². The van der Waals surface area contributed by atoms with Gasteiger partial charge in [-0.2, -0.15) is 4.98 Å². The van der Waals surface area contributed by atoms with Crippen molar-refractivity contribution in [1.82, 2.24) is 24.8 Å². The van der Waals surface area contributed by atoms with Crippen LogP contribution in [0.2, 0.25) is 0 Å². The lowest BCUT2D eigenvalue weighted by molar-refractivity contribution is -0.121. The maximum atomic E-state index is 12.0. The van der Waals surface area contributed by atoms with Crippen LogP contribution in [-0.4, -0.2) is 32.0 Å². The van der Waals surface area contributed by atoms with Crippen LogP contribution in [0.3, 0.4) is 0 Å². The van der Waals surface area contributed by atoms with Crippen LogP contribution < -0.4 is 5.32 Å². The molecule has 1 N–H and O–H groups in total. The molecule has 0 atom stereocenters. The summed E-state index contributed by atoms with van der Waals surface area (Å²) in [5, 5.41) is 8.85. The van der Waals surface area contributed by atoms with E-state index in [1.54, 1.807) is 11.3 Å². The minimum Gasteiger partial charge on any atom is -0.356 e. The van der Waals surface area contributed by atoms with E-state index in [-0.39, 0.29) is 5.91 Å². The molecule has 1 amide bonds. The molecule has 7 nitrogen and oxygen atoms in total. The number of nitrogens with one attached hydrogen (secondary N) is 1. The highest BCUT2D eigenvalue weighted by molar-refractivity contribution is 7.15. The molecule has 3 aromatic heterocycles. The number of nitrogens with zero attached hydrogens (tertiary/aromatic N) is 4. The first kappa shape index (κ1) is 16.5. The first-order valence-corrected chi connectivity index (χ1v) is 9.22. The van der Waals surface area contributed by atoms with Gasteiger partial charge in [-0.1, -0.05) is 35.5 Å². The lowest BCUT2D eigenvalue weighted by Crippen LogP contribution is -2.26. The fourth-order valence-electron chi connectivity index (χ4n) is 2.60. The molecule has 0 aliphatic carbocycles. The van der Waals surface area contributed by atoms with Gasteiger partial charge in [0.05, 0.1) is 5.69 Å². The topological polar surface area (TPSA) is 85.3 Å². The van der Waals surface area contributed by atoms with Gasteiger partial charge in [-0.05, 0) is 0 Å². The second-order valence-electron chi connectivity index (χ2n) is 5.80. The number of fused-ring (bicyclic) bond motifs is 1. The van der Waals surface area contributed by atoms with Crippen molar-refractivity contribution in [3.05, 3.63) is 59.7 Å². The highest BCUT2D eigenvalue weighted by Gasteiger charge is 2.10. The number of aryl methyl sites for hydroxylation is 1. The average molecular weight is 367 g/mol. The van der Waals surface area contributed by atoms with Gasteiger partial charge in [0.25, 0.3) is 0 Å². The van der Waals surface area contributed by atoms with Crippen molar-refractivity contribution in [2.45, 2.75) is 19.3 Å². The average Bonchev–Trinajstić information content (AvgIpc) is 3.37. The Balaban J connectivity index is 1.22. The predicted molar refractivity (Wildman–Crippen MR) is 97.8 cm³/mol. The molecule has 132 valence electrons. The molecule has 1 aromatic carbocycles. The molecular formula is C18H17N5O2S. The summed E-state index contributed by atoms with van der Waals surface area (Å²) in [6.45, 7) is 0.558. The summed E-state index contributed by atoms with van der Waals surface area (Å²) in [6.07, 6.45) is 5.41. The lowest BCUT2D eigenvalue weighted by atomic mass is 10.2. The van der Waals surface area contributed by atoms with Crippen LogP contribution in [0, 0.1) is 0 Å². The van der Waals surface area contributed by atoms with E-state index in [0.29, 0.717) is 37.5 Å². The van der Waals surface area contributed by atoms with Gasteiger partial charge in [-0.25, -0.2) is 4.98 Å². The van der Waals surface area contributed by atoms with Crippen LogP contribution in [0.15, 0.2) is 52.6 Å². The summed E-state index contributed by atoms with van der Waals surface area (Å²) in [5.74, 6) is 0.972. The number of imidazole rings is 1. The minimum absolute atomic E-state index is 0.0366. The molecule has 0 saturated carbocycles. The number of thiazole rings is 1. The molecule has 0 unspecified atom stereocenters. The fraction of sp³-hybridized carbons (Fsp3) is 0.222. The van der Waals surface area contributed by atoms with Crippen LogP contribution in [0.1, 0.15) is 18.0 Å². The third-order valence-corrected chi connectivity index (χ3v) is 4.68. The fourth-order valence-corrected chi connectivity index (χ4v) is 3.32. The van der Waals surface area contributed by atoms with Gasteiger partial charge < -0.3 is 9.84 Å². The van der Waals surface area contributed by atoms with E-state index < -0.39 is 0 Å². The van der Waals surface area contributed by atoms with E-state index >= 15 is 0 Å². The molecular weight excluding hydrogens is 350 g/mol. The van der Waals surface area contributed by atoms with E-state index in [1.165, 1.54) is 0 Å². The quantitative estimate of drug-likeness (QED) is 0.543. The van der Waals surface area contributed by atoms with E-state index in [9.17, 15) is 4.79 Å². The second kappa shape index (κ2) is 7.49. The number of carbonyl (C=O) groups is 1. The van der Waals surface area contributed by atoms with Gasteiger partial charge in [0.2, 0.25) is 17.6 Å². The van der Waals surface area contributed by atoms with Gasteiger partial charge in [0.15, 0.2) is 4.96 Å². The highest BCUT2D eigenvalue weighted by atomic mass is 32.1.